The standard InChI is InChI=1S/C22H19BrCl2N6S/c1-14-10-20(28-31(14)12-16-7-3-5-9-19(16)25)26-22(32)27-21-17(23)13-30(29-21)11-15-6-2-4-8-18(15)24/h2-10,13H,11-12H2,1H3,(H2,26,27,28,29,32). The molecule has 0 fully saturated rings. The first-order valence-corrected chi connectivity index (χ1v) is 11.7. The van der Waals surface area contributed by atoms with Crippen LogP contribution >= 0.6 is 51.3 Å². The molecule has 0 aliphatic heterocycles. The summed E-state index contributed by atoms with van der Waals surface area (Å²) in [6, 6.07) is 17.3. The molecule has 32 heavy (non-hydrogen) atoms. The molecular formula is C22H19BrCl2N6S. The van der Waals surface area contributed by atoms with Crippen LogP contribution < -0.4 is 10.6 Å². The number of benzene rings is 2. The van der Waals surface area contributed by atoms with Crippen molar-refractivity contribution >= 4 is 68.1 Å². The third-order valence-corrected chi connectivity index (χ3v) is 6.26. The van der Waals surface area contributed by atoms with Crippen molar-refractivity contribution in [3.63, 3.8) is 0 Å². The number of halogens is 3. The van der Waals surface area contributed by atoms with Crippen molar-refractivity contribution in [1.82, 2.24) is 19.6 Å². The maximum absolute atomic E-state index is 6.28. The first kappa shape index (κ1) is 22.8. The number of hydrogen-bond acceptors (Lipinski definition) is 3. The number of nitrogens with zero attached hydrogens (tertiary/aromatic N) is 4. The van der Waals surface area contributed by atoms with Gasteiger partial charge in [-0.2, -0.15) is 10.2 Å². The van der Waals surface area contributed by atoms with Gasteiger partial charge in [0.2, 0.25) is 0 Å². The second kappa shape index (κ2) is 10.0. The Bertz CT molecular complexity index is 1270. The first-order valence-electron chi connectivity index (χ1n) is 9.71. The highest BCUT2D eigenvalue weighted by atomic mass is 79.9. The Morgan fingerprint density at radius 1 is 0.969 bits per heavy atom. The fraction of sp³-hybridized carbons (Fsp3) is 0.136. The number of thiocarbonyl (C=S) groups is 1. The van der Waals surface area contributed by atoms with Crippen LogP contribution in [-0.4, -0.2) is 24.7 Å². The van der Waals surface area contributed by atoms with E-state index in [1.807, 2.05) is 72.4 Å². The van der Waals surface area contributed by atoms with Crippen LogP contribution in [0.25, 0.3) is 0 Å². The maximum atomic E-state index is 6.28. The number of hydrogen-bond donors (Lipinski definition) is 2. The Morgan fingerprint density at radius 3 is 2.25 bits per heavy atom. The van der Waals surface area contributed by atoms with Gasteiger partial charge < -0.3 is 10.6 Å². The molecule has 0 aliphatic carbocycles. The fourth-order valence-electron chi connectivity index (χ4n) is 3.14. The Hall–Kier alpha value is -2.39. The van der Waals surface area contributed by atoms with E-state index < -0.39 is 0 Å². The first-order chi connectivity index (χ1) is 15.4. The van der Waals surface area contributed by atoms with Crippen LogP contribution in [0.1, 0.15) is 16.8 Å². The predicted molar refractivity (Wildman–Crippen MR) is 138 cm³/mol. The van der Waals surface area contributed by atoms with Gasteiger partial charge in [0.1, 0.15) is 0 Å². The van der Waals surface area contributed by atoms with E-state index in [2.05, 4.69) is 36.8 Å². The zero-order chi connectivity index (χ0) is 22.7. The van der Waals surface area contributed by atoms with Crippen LogP contribution in [0, 0.1) is 6.92 Å². The van der Waals surface area contributed by atoms with Gasteiger partial charge in [-0.3, -0.25) is 9.36 Å². The summed E-state index contributed by atoms with van der Waals surface area (Å²) in [4.78, 5) is 0. The lowest BCUT2D eigenvalue weighted by Crippen LogP contribution is -2.20. The van der Waals surface area contributed by atoms with Gasteiger partial charge in [-0.1, -0.05) is 59.6 Å². The van der Waals surface area contributed by atoms with E-state index in [9.17, 15) is 0 Å². The Labute approximate surface area is 209 Å². The Balaban J connectivity index is 1.41. The summed E-state index contributed by atoms with van der Waals surface area (Å²) in [5.41, 5.74) is 2.97. The van der Waals surface area contributed by atoms with Gasteiger partial charge >= 0.3 is 0 Å². The van der Waals surface area contributed by atoms with Gasteiger partial charge in [-0.25, -0.2) is 0 Å². The average Bonchev–Trinajstić information content (AvgIpc) is 3.26. The number of nitrogens with one attached hydrogen (secondary N) is 2. The molecule has 0 unspecified atom stereocenters. The van der Waals surface area contributed by atoms with E-state index in [0.717, 1.165) is 21.3 Å². The molecule has 0 bridgehead atoms. The number of aromatic nitrogens is 4. The minimum Gasteiger partial charge on any atom is -0.316 e. The van der Waals surface area contributed by atoms with E-state index in [-0.39, 0.29) is 0 Å². The number of anilines is 2. The zero-order valence-corrected chi connectivity index (χ0v) is 20.9. The summed E-state index contributed by atoms with van der Waals surface area (Å²) in [6.45, 7) is 3.11. The van der Waals surface area contributed by atoms with Crippen LogP contribution in [-0.2, 0) is 13.1 Å². The third-order valence-electron chi connectivity index (χ3n) is 4.74. The second-order valence-corrected chi connectivity index (χ2v) is 9.19. The van der Waals surface area contributed by atoms with Crippen molar-refractivity contribution in [2.75, 3.05) is 10.6 Å². The second-order valence-electron chi connectivity index (χ2n) is 7.11. The zero-order valence-electron chi connectivity index (χ0n) is 17.0. The predicted octanol–water partition coefficient (Wildman–Crippen LogP) is 6.36. The van der Waals surface area contributed by atoms with Crippen LogP contribution in [0.4, 0.5) is 11.6 Å². The molecule has 2 aromatic heterocycles. The monoisotopic (exact) mass is 548 g/mol. The smallest absolute Gasteiger partial charge is 0.177 e. The van der Waals surface area contributed by atoms with Crippen molar-refractivity contribution < 1.29 is 0 Å². The summed E-state index contributed by atoms with van der Waals surface area (Å²) in [7, 11) is 0. The van der Waals surface area contributed by atoms with E-state index in [1.54, 1.807) is 4.68 Å². The molecule has 0 atom stereocenters. The quantitative estimate of drug-likeness (QED) is 0.274. The van der Waals surface area contributed by atoms with Crippen molar-refractivity contribution in [1.29, 1.82) is 0 Å². The summed E-state index contributed by atoms with van der Waals surface area (Å²) < 4.78 is 4.45. The SMILES string of the molecule is Cc1cc(NC(=S)Nc2nn(Cc3ccccc3Cl)cc2Br)nn1Cc1ccccc1Cl. The lowest BCUT2D eigenvalue weighted by Gasteiger charge is -2.08. The molecule has 0 spiro atoms. The molecule has 2 aromatic carbocycles. The van der Waals surface area contributed by atoms with Gasteiger partial charge in [0.15, 0.2) is 16.7 Å². The van der Waals surface area contributed by atoms with Crippen LogP contribution in [0.3, 0.4) is 0 Å². The van der Waals surface area contributed by atoms with Crippen molar-refractivity contribution in [3.05, 3.63) is 92.1 Å². The van der Waals surface area contributed by atoms with Crippen LogP contribution in [0.15, 0.2) is 65.3 Å². The van der Waals surface area contributed by atoms with Gasteiger partial charge in [0, 0.05) is 28.0 Å². The van der Waals surface area contributed by atoms with Gasteiger partial charge in [0.05, 0.1) is 17.6 Å². The molecule has 6 nitrogen and oxygen atoms in total. The summed E-state index contributed by atoms with van der Waals surface area (Å²) in [5.74, 6) is 1.24. The highest BCUT2D eigenvalue weighted by molar-refractivity contribution is 9.10. The van der Waals surface area contributed by atoms with E-state index in [1.165, 1.54) is 0 Å². The van der Waals surface area contributed by atoms with E-state index in [0.29, 0.717) is 39.9 Å². The lowest BCUT2D eigenvalue weighted by atomic mass is 10.2. The number of aryl methyl sites for hydroxylation is 1. The molecular weight excluding hydrogens is 531 g/mol. The van der Waals surface area contributed by atoms with Crippen molar-refractivity contribution in [3.8, 4) is 0 Å². The van der Waals surface area contributed by atoms with Crippen LogP contribution in [0.5, 0.6) is 0 Å². The minimum atomic E-state index is 0.385. The molecule has 10 heteroatoms. The number of rotatable bonds is 6. The van der Waals surface area contributed by atoms with E-state index in [4.69, 9.17) is 35.4 Å². The molecule has 0 saturated carbocycles. The summed E-state index contributed by atoms with van der Waals surface area (Å²) >= 11 is 21.5. The topological polar surface area (TPSA) is 59.7 Å². The van der Waals surface area contributed by atoms with Gasteiger partial charge in [-0.05, 0) is 58.3 Å². The van der Waals surface area contributed by atoms with E-state index >= 15 is 0 Å². The average molecular weight is 550 g/mol. The highest BCUT2D eigenvalue weighted by Gasteiger charge is 2.12. The third kappa shape index (κ3) is 5.50. The Morgan fingerprint density at radius 2 is 1.59 bits per heavy atom. The molecule has 2 heterocycles. The molecule has 4 aromatic rings. The van der Waals surface area contributed by atoms with Crippen LogP contribution in [0.2, 0.25) is 10.0 Å². The largest absolute Gasteiger partial charge is 0.316 e. The molecule has 4 rings (SSSR count). The molecule has 0 radical (unpaired) electrons. The fourth-order valence-corrected chi connectivity index (χ4v) is 4.15. The maximum Gasteiger partial charge on any atom is 0.177 e. The highest BCUT2D eigenvalue weighted by Crippen LogP contribution is 2.23. The molecule has 2 N–H and O–H groups in total. The van der Waals surface area contributed by atoms with Gasteiger partial charge in [-0.15, -0.1) is 0 Å². The van der Waals surface area contributed by atoms with Crippen molar-refractivity contribution in [2.45, 2.75) is 20.0 Å². The van der Waals surface area contributed by atoms with Gasteiger partial charge in [0.25, 0.3) is 0 Å². The normalized spacial score (nSPS) is 10.9. The lowest BCUT2D eigenvalue weighted by molar-refractivity contribution is 0.668. The summed E-state index contributed by atoms with van der Waals surface area (Å²) in [5, 5.41) is 17.2. The minimum absolute atomic E-state index is 0.385. The Kier molecular flexibility index (Phi) is 7.15. The molecule has 0 saturated heterocycles. The van der Waals surface area contributed by atoms with Crippen molar-refractivity contribution in [2.24, 2.45) is 0 Å². The molecule has 0 amide bonds. The summed E-state index contributed by atoms with van der Waals surface area (Å²) in [6.07, 6.45) is 1.87. The molecule has 164 valence electrons. The molecule has 0 aliphatic rings.